The fourth-order valence-electron chi connectivity index (χ4n) is 17.9. The molecule has 11 nitrogen and oxygen atoms in total. The number of cyclic esters (lactones) is 3. The second-order valence-corrected chi connectivity index (χ2v) is 27.3. The summed E-state index contributed by atoms with van der Waals surface area (Å²) in [5.74, 6) is 5.84. The van der Waals surface area contributed by atoms with Gasteiger partial charge in [-0.3, -0.25) is 4.79 Å². The summed E-state index contributed by atoms with van der Waals surface area (Å²) in [6.45, 7) is 25.5. The molecule has 422 valence electrons. The maximum Gasteiger partial charge on any atom is 0.340 e. The molecule has 0 aromatic heterocycles. The first-order valence-corrected chi connectivity index (χ1v) is 30.8. The summed E-state index contributed by atoms with van der Waals surface area (Å²) >= 11 is 3.60. The van der Waals surface area contributed by atoms with Crippen LogP contribution in [0.4, 0.5) is 0 Å². The van der Waals surface area contributed by atoms with Crippen LogP contribution in [-0.2, 0) is 52.3 Å². The lowest BCUT2D eigenvalue weighted by atomic mass is 9.61. The third kappa shape index (κ3) is 12.4. The van der Waals surface area contributed by atoms with Crippen LogP contribution in [-0.4, -0.2) is 72.6 Å². The Bertz CT molecular complexity index is 1990. The lowest BCUT2D eigenvalue weighted by Gasteiger charge is -2.46. The van der Waals surface area contributed by atoms with E-state index in [-0.39, 0.29) is 23.3 Å². The van der Waals surface area contributed by atoms with Crippen molar-refractivity contribution in [1.82, 2.24) is 0 Å². The fraction of sp³-hybridized carbons (Fsp3) is 0.903. The molecule has 0 aromatic rings. The van der Waals surface area contributed by atoms with Gasteiger partial charge in [0.15, 0.2) is 16.8 Å². The van der Waals surface area contributed by atoms with E-state index in [2.05, 4.69) is 62.5 Å². The summed E-state index contributed by atoms with van der Waals surface area (Å²) in [7, 11) is 1.88. The molecule has 9 aliphatic rings. The van der Waals surface area contributed by atoms with E-state index in [1.165, 1.54) is 83.5 Å². The standard InChI is InChI=1S/C21H33BrO3.C21H36O4.C20H32O4/c1-14(7-5-12-21(4)19(23)24-15(2)25-21)17-9-10-18-16(13-22)8-6-11-20(17,18)3;1-14(8-6-13-21(4)19(22)24-15(2)25-21)16-10-11-17-18(23-5)9-7-12-20(16,17)3;1-13(7-5-12-20(4)18(22)23-14(2)24-20)15-9-10-16-17(21)8-6-11-19(15,16)3/h13-15,17-18H,5-12H2,1-4H3;14-18H,6-13H2,1-5H3;13-16H,5-12H2,1-4H3/b16-13+;;/t14-,15-,17-,18+,20-,21-;14-,15-,16-,17?,18?,20-,21-;13-,14-,15-,16+,19-,20-/m111/s1. The normalized spacial score (nSPS) is 44.3. The zero-order valence-corrected chi connectivity index (χ0v) is 50.0. The number of ether oxygens (including phenoxy) is 7. The van der Waals surface area contributed by atoms with E-state index < -0.39 is 35.7 Å². The number of esters is 3. The Labute approximate surface area is 456 Å². The van der Waals surface area contributed by atoms with Gasteiger partial charge in [0.05, 0.1) is 6.10 Å². The number of carbonyl (C=O) groups excluding carboxylic acids is 4. The summed E-state index contributed by atoms with van der Waals surface area (Å²) in [5, 5.41) is 0. The van der Waals surface area contributed by atoms with Gasteiger partial charge in [0.25, 0.3) is 0 Å². The predicted molar refractivity (Wildman–Crippen MR) is 292 cm³/mol. The summed E-state index contributed by atoms with van der Waals surface area (Å²) in [6.07, 6.45) is 26.3. The lowest BCUT2D eigenvalue weighted by molar-refractivity contribution is -0.145. The molecule has 2 unspecified atom stereocenters. The molecule has 0 spiro atoms. The highest BCUT2D eigenvalue weighted by atomic mass is 79.9. The minimum Gasteiger partial charge on any atom is -0.434 e. The number of rotatable bonds is 16. The molecule has 6 saturated carbocycles. The van der Waals surface area contributed by atoms with Crippen LogP contribution in [0.15, 0.2) is 10.6 Å². The first kappa shape index (κ1) is 59.8. The average molecular weight is 1100 g/mol. The minimum atomic E-state index is -0.776. The molecule has 12 heteroatoms. The van der Waals surface area contributed by atoms with Crippen molar-refractivity contribution in [1.29, 1.82) is 0 Å². The van der Waals surface area contributed by atoms with E-state index in [0.717, 1.165) is 87.9 Å². The molecule has 74 heavy (non-hydrogen) atoms. The third-order valence-corrected chi connectivity index (χ3v) is 22.5. The molecule has 0 N–H and O–H groups in total. The topological polar surface area (TPSA) is 133 Å². The van der Waals surface area contributed by atoms with Crippen molar-refractivity contribution >= 4 is 39.6 Å². The molecule has 0 aromatic carbocycles. The maximum atomic E-state index is 12.3. The van der Waals surface area contributed by atoms with Gasteiger partial charge in [0.1, 0.15) is 5.78 Å². The van der Waals surface area contributed by atoms with E-state index in [0.29, 0.717) is 58.7 Å². The van der Waals surface area contributed by atoms with Gasteiger partial charge in [-0.15, -0.1) is 0 Å². The van der Waals surface area contributed by atoms with Crippen molar-refractivity contribution < 1.29 is 52.3 Å². The smallest absolute Gasteiger partial charge is 0.340 e. The maximum absolute atomic E-state index is 12.3. The Kier molecular flexibility index (Phi) is 19.6. The van der Waals surface area contributed by atoms with Crippen molar-refractivity contribution in [2.24, 2.45) is 69.5 Å². The van der Waals surface area contributed by atoms with Crippen molar-refractivity contribution in [2.75, 3.05) is 7.11 Å². The Balaban J connectivity index is 0.000000162. The number of halogens is 1. The fourth-order valence-corrected chi connectivity index (χ4v) is 18.5. The Morgan fingerprint density at radius 3 is 1.35 bits per heavy atom. The van der Waals surface area contributed by atoms with Crippen LogP contribution >= 0.6 is 15.9 Å². The molecule has 6 aliphatic carbocycles. The van der Waals surface area contributed by atoms with E-state index in [9.17, 15) is 19.2 Å². The number of fused-ring (bicyclic) bond motifs is 3. The van der Waals surface area contributed by atoms with Crippen LogP contribution in [0.25, 0.3) is 0 Å². The van der Waals surface area contributed by atoms with Gasteiger partial charge in [-0.1, -0.05) is 88.7 Å². The number of hydrogen-bond donors (Lipinski definition) is 0. The van der Waals surface area contributed by atoms with E-state index in [4.69, 9.17) is 33.2 Å². The zero-order chi connectivity index (χ0) is 54.0. The number of Topliss-reactive ketones (excluding diaryl/α,β-unsaturated/α-hetero) is 1. The monoisotopic (exact) mass is 1100 g/mol. The summed E-state index contributed by atoms with van der Waals surface area (Å²) in [6, 6.07) is 0. The lowest BCUT2D eigenvalue weighted by Crippen LogP contribution is -2.42. The van der Waals surface area contributed by atoms with Crippen molar-refractivity contribution in [3.8, 4) is 0 Å². The molecule has 3 aliphatic heterocycles. The molecule has 0 radical (unpaired) electrons. The minimum absolute atomic E-state index is 0.195. The molecular formula is C62H101BrO11. The van der Waals surface area contributed by atoms with Crippen LogP contribution in [0, 0.1) is 69.5 Å². The van der Waals surface area contributed by atoms with Crippen LogP contribution in [0.1, 0.15) is 237 Å². The van der Waals surface area contributed by atoms with Gasteiger partial charge in [0.2, 0.25) is 18.9 Å². The van der Waals surface area contributed by atoms with Crippen molar-refractivity contribution in [3.63, 3.8) is 0 Å². The van der Waals surface area contributed by atoms with E-state index in [1.54, 1.807) is 26.3 Å². The van der Waals surface area contributed by atoms with Crippen LogP contribution < -0.4 is 0 Å². The second-order valence-electron chi connectivity index (χ2n) is 26.9. The third-order valence-electron chi connectivity index (χ3n) is 21.9. The Morgan fingerprint density at radius 2 is 0.932 bits per heavy atom. The van der Waals surface area contributed by atoms with E-state index in [1.807, 2.05) is 27.9 Å². The molecule has 3 heterocycles. The van der Waals surface area contributed by atoms with Gasteiger partial charge in [0, 0.05) is 19.4 Å². The Morgan fingerprint density at radius 1 is 0.541 bits per heavy atom. The predicted octanol–water partition coefficient (Wildman–Crippen LogP) is 14.9. The first-order valence-electron chi connectivity index (χ1n) is 29.9. The molecule has 19 atom stereocenters. The van der Waals surface area contributed by atoms with Gasteiger partial charge in [-0.05, 0) is 232 Å². The first-order chi connectivity index (χ1) is 34.9. The SMILES string of the molecule is COC1CCC[C@@]2(C)C1CC[C@@H]2[C@H](C)CCC[C@@]1(C)O[C@H](C)OC1=O.C[C@@H]1OC(=O)[C@@](C)(CCC[C@@H](C)[C@H]2CC[C@H]3/C(=C/Br)CCC[C@]23C)O1.C[C@@H]1OC(=O)[C@@](C)(CCC[C@@H](C)[C@H]2CC[C@H]3C(=O)CCC[C@]23C)O1. The quantitative estimate of drug-likeness (QED) is 0.108. The highest BCUT2D eigenvalue weighted by molar-refractivity contribution is 9.11. The second kappa shape index (κ2) is 24.2. The molecule has 3 saturated heterocycles. The van der Waals surface area contributed by atoms with Gasteiger partial charge < -0.3 is 33.2 Å². The molecule has 9 rings (SSSR count). The van der Waals surface area contributed by atoms with Crippen molar-refractivity contribution in [3.05, 3.63) is 10.6 Å². The van der Waals surface area contributed by atoms with Gasteiger partial charge in [-0.25, -0.2) is 14.4 Å². The van der Waals surface area contributed by atoms with Crippen LogP contribution in [0.5, 0.6) is 0 Å². The number of carbonyl (C=O) groups is 4. The van der Waals surface area contributed by atoms with Gasteiger partial charge in [-0.2, -0.15) is 0 Å². The number of methoxy groups -OCH3 is 1. The summed E-state index contributed by atoms with van der Waals surface area (Å²) in [5.41, 5.74) is 0.466. The molecule has 0 amide bonds. The highest BCUT2D eigenvalue weighted by Gasteiger charge is 2.55. The molecule has 9 fully saturated rings. The van der Waals surface area contributed by atoms with Crippen LogP contribution in [0.3, 0.4) is 0 Å². The Hall–Kier alpha value is -1.86. The summed E-state index contributed by atoms with van der Waals surface area (Å²) in [4.78, 5) is 50.4. The number of ketones is 1. The van der Waals surface area contributed by atoms with E-state index >= 15 is 0 Å². The molecular weight excluding hydrogens is 1000 g/mol. The van der Waals surface area contributed by atoms with Crippen LogP contribution in [0.2, 0.25) is 0 Å². The zero-order valence-electron chi connectivity index (χ0n) is 48.4. The van der Waals surface area contributed by atoms with Gasteiger partial charge >= 0.3 is 17.9 Å². The number of hydrogen-bond acceptors (Lipinski definition) is 11. The number of allylic oxidation sites excluding steroid dienone is 1. The average Bonchev–Trinajstić information content (AvgIpc) is 4.15. The molecule has 0 bridgehead atoms. The summed E-state index contributed by atoms with van der Waals surface area (Å²) < 4.78 is 38.4. The largest absolute Gasteiger partial charge is 0.434 e. The van der Waals surface area contributed by atoms with Crippen molar-refractivity contribution in [2.45, 2.75) is 279 Å². The highest BCUT2D eigenvalue weighted by Crippen LogP contribution is 2.61.